The fourth-order valence-corrected chi connectivity index (χ4v) is 1.95. The van der Waals surface area contributed by atoms with Crippen LogP contribution in [0.5, 0.6) is 0 Å². The van der Waals surface area contributed by atoms with Crippen LogP contribution in [-0.4, -0.2) is 11.9 Å². The van der Waals surface area contributed by atoms with Gasteiger partial charge in [0.1, 0.15) is 11.9 Å². The molecule has 0 fully saturated rings. The van der Waals surface area contributed by atoms with E-state index in [1.165, 1.54) is 17.7 Å². The van der Waals surface area contributed by atoms with E-state index in [0.29, 0.717) is 0 Å². The van der Waals surface area contributed by atoms with Gasteiger partial charge in [-0.2, -0.15) is 0 Å². The van der Waals surface area contributed by atoms with Crippen LogP contribution in [0.1, 0.15) is 18.1 Å². The summed E-state index contributed by atoms with van der Waals surface area (Å²) < 4.78 is 13.5. The van der Waals surface area contributed by atoms with Crippen molar-refractivity contribution < 1.29 is 9.18 Å². The minimum absolute atomic E-state index is 0.191. The fourth-order valence-electron chi connectivity index (χ4n) is 1.95. The maximum atomic E-state index is 13.5. The van der Waals surface area contributed by atoms with Gasteiger partial charge in [-0.25, -0.2) is 4.39 Å². The summed E-state index contributed by atoms with van der Waals surface area (Å²) in [6.45, 7) is 5.80. The first-order valence-electron chi connectivity index (χ1n) is 6.86. The molecule has 0 aliphatic carbocycles. The Morgan fingerprint density at radius 3 is 2.48 bits per heavy atom. The lowest BCUT2D eigenvalue weighted by Gasteiger charge is -2.16. The third-order valence-electron chi connectivity index (χ3n) is 3.42. The van der Waals surface area contributed by atoms with Crippen molar-refractivity contribution in [1.29, 1.82) is 0 Å². The number of para-hydroxylation sites is 1. The van der Waals surface area contributed by atoms with Gasteiger partial charge < -0.3 is 10.6 Å². The first-order chi connectivity index (χ1) is 9.97. The third-order valence-corrected chi connectivity index (χ3v) is 3.42. The molecule has 2 aromatic rings. The Bertz CT molecular complexity index is 655. The number of hydrogen-bond donors (Lipinski definition) is 2. The minimum Gasteiger partial charge on any atom is -0.374 e. The highest BCUT2D eigenvalue weighted by Crippen LogP contribution is 2.16. The van der Waals surface area contributed by atoms with Gasteiger partial charge in [-0.1, -0.05) is 18.2 Å². The topological polar surface area (TPSA) is 41.1 Å². The molecule has 0 spiro atoms. The van der Waals surface area contributed by atoms with Crippen molar-refractivity contribution in [2.45, 2.75) is 26.8 Å². The van der Waals surface area contributed by atoms with Crippen LogP contribution in [0.3, 0.4) is 0 Å². The molecule has 0 radical (unpaired) electrons. The molecule has 3 nitrogen and oxygen atoms in total. The smallest absolute Gasteiger partial charge is 0.246 e. The van der Waals surface area contributed by atoms with Crippen LogP contribution in [-0.2, 0) is 4.79 Å². The Morgan fingerprint density at radius 2 is 1.81 bits per heavy atom. The van der Waals surface area contributed by atoms with Crippen LogP contribution < -0.4 is 10.6 Å². The van der Waals surface area contributed by atoms with Gasteiger partial charge in [-0.05, 0) is 56.2 Å². The Labute approximate surface area is 124 Å². The largest absolute Gasteiger partial charge is 0.374 e. The molecule has 110 valence electrons. The summed E-state index contributed by atoms with van der Waals surface area (Å²) in [7, 11) is 0. The molecular formula is C17H19FN2O. The van der Waals surface area contributed by atoms with E-state index in [-0.39, 0.29) is 11.6 Å². The molecule has 0 aliphatic rings. The lowest BCUT2D eigenvalue weighted by molar-refractivity contribution is -0.116. The average molecular weight is 286 g/mol. The van der Waals surface area contributed by atoms with Crippen LogP contribution in [0, 0.1) is 19.7 Å². The van der Waals surface area contributed by atoms with E-state index in [1.807, 2.05) is 32.0 Å². The summed E-state index contributed by atoms with van der Waals surface area (Å²) >= 11 is 0. The molecule has 1 amide bonds. The molecule has 4 heteroatoms. The molecular weight excluding hydrogens is 267 g/mol. The minimum atomic E-state index is -0.466. The third kappa shape index (κ3) is 3.81. The van der Waals surface area contributed by atoms with Crippen molar-refractivity contribution in [3.05, 3.63) is 59.4 Å². The van der Waals surface area contributed by atoms with Crippen molar-refractivity contribution in [3.8, 4) is 0 Å². The van der Waals surface area contributed by atoms with Crippen molar-refractivity contribution in [1.82, 2.24) is 0 Å². The lowest BCUT2D eigenvalue weighted by Crippen LogP contribution is -2.32. The van der Waals surface area contributed by atoms with E-state index in [2.05, 4.69) is 10.6 Å². The number of rotatable bonds is 4. The summed E-state index contributed by atoms with van der Waals surface area (Å²) in [6, 6.07) is 11.6. The number of anilines is 2. The second kappa shape index (κ2) is 6.39. The quantitative estimate of drug-likeness (QED) is 0.895. The van der Waals surface area contributed by atoms with Crippen molar-refractivity contribution in [2.75, 3.05) is 10.6 Å². The summed E-state index contributed by atoms with van der Waals surface area (Å²) in [4.78, 5) is 12.1. The zero-order valence-electron chi connectivity index (χ0n) is 12.4. The van der Waals surface area contributed by atoms with E-state index in [4.69, 9.17) is 0 Å². The second-order valence-electron chi connectivity index (χ2n) is 5.13. The standard InChI is InChI=1S/C17H19FN2O/c1-11-8-9-14(10-12(11)2)19-13(3)17(21)20-16-7-5-4-6-15(16)18/h4-10,13,19H,1-3H3,(H,20,21)/t13-/m0/s1. The predicted octanol–water partition coefficient (Wildman–Crippen LogP) is 3.88. The number of halogens is 1. The number of aryl methyl sites for hydroxylation is 2. The number of carbonyl (C=O) groups excluding carboxylic acids is 1. The molecule has 0 aromatic heterocycles. The number of nitrogens with one attached hydrogen (secondary N) is 2. The molecule has 2 aromatic carbocycles. The van der Waals surface area contributed by atoms with E-state index in [0.717, 1.165) is 11.3 Å². The predicted molar refractivity (Wildman–Crippen MR) is 84.0 cm³/mol. The van der Waals surface area contributed by atoms with Gasteiger partial charge in [0.25, 0.3) is 0 Å². The van der Waals surface area contributed by atoms with Crippen molar-refractivity contribution >= 4 is 17.3 Å². The maximum absolute atomic E-state index is 13.5. The second-order valence-corrected chi connectivity index (χ2v) is 5.13. The Balaban J connectivity index is 2.02. The van der Waals surface area contributed by atoms with Crippen LogP contribution in [0.15, 0.2) is 42.5 Å². The van der Waals surface area contributed by atoms with Gasteiger partial charge in [-0.3, -0.25) is 4.79 Å². The molecule has 0 heterocycles. The molecule has 0 unspecified atom stereocenters. The first-order valence-corrected chi connectivity index (χ1v) is 6.86. The van der Waals surface area contributed by atoms with Gasteiger partial charge >= 0.3 is 0 Å². The Kier molecular flexibility index (Phi) is 4.58. The summed E-state index contributed by atoms with van der Waals surface area (Å²) in [5.74, 6) is -0.720. The molecule has 0 aliphatic heterocycles. The van der Waals surface area contributed by atoms with E-state index in [1.54, 1.807) is 19.1 Å². The number of amides is 1. The van der Waals surface area contributed by atoms with Gasteiger partial charge in [0.05, 0.1) is 5.69 Å². The molecule has 21 heavy (non-hydrogen) atoms. The van der Waals surface area contributed by atoms with Gasteiger partial charge in [0.2, 0.25) is 5.91 Å². The van der Waals surface area contributed by atoms with E-state index < -0.39 is 11.9 Å². The Hall–Kier alpha value is -2.36. The Morgan fingerprint density at radius 1 is 1.10 bits per heavy atom. The van der Waals surface area contributed by atoms with Crippen LogP contribution in [0.25, 0.3) is 0 Å². The molecule has 0 bridgehead atoms. The van der Waals surface area contributed by atoms with Gasteiger partial charge in [0, 0.05) is 5.69 Å². The normalized spacial score (nSPS) is 11.8. The number of hydrogen-bond acceptors (Lipinski definition) is 2. The molecule has 0 saturated carbocycles. The molecule has 2 N–H and O–H groups in total. The highest BCUT2D eigenvalue weighted by Gasteiger charge is 2.14. The lowest BCUT2D eigenvalue weighted by atomic mass is 10.1. The summed E-state index contributed by atoms with van der Waals surface area (Å²) in [6.07, 6.45) is 0. The van der Waals surface area contributed by atoms with Gasteiger partial charge in [0.15, 0.2) is 0 Å². The molecule has 1 atom stereocenters. The highest BCUT2D eigenvalue weighted by atomic mass is 19.1. The zero-order valence-corrected chi connectivity index (χ0v) is 12.4. The van der Waals surface area contributed by atoms with E-state index in [9.17, 15) is 9.18 Å². The van der Waals surface area contributed by atoms with Gasteiger partial charge in [-0.15, -0.1) is 0 Å². The van der Waals surface area contributed by atoms with Crippen molar-refractivity contribution in [2.24, 2.45) is 0 Å². The monoisotopic (exact) mass is 286 g/mol. The summed E-state index contributed by atoms with van der Waals surface area (Å²) in [5, 5.41) is 5.69. The first kappa shape index (κ1) is 15.0. The van der Waals surface area contributed by atoms with Crippen LogP contribution in [0.4, 0.5) is 15.8 Å². The number of benzene rings is 2. The van der Waals surface area contributed by atoms with Crippen LogP contribution >= 0.6 is 0 Å². The SMILES string of the molecule is Cc1ccc(N[C@@H](C)C(=O)Nc2ccccc2F)cc1C. The fraction of sp³-hybridized carbons (Fsp3) is 0.235. The molecule has 0 saturated heterocycles. The highest BCUT2D eigenvalue weighted by molar-refractivity contribution is 5.96. The zero-order chi connectivity index (χ0) is 15.4. The van der Waals surface area contributed by atoms with Crippen LogP contribution in [0.2, 0.25) is 0 Å². The molecule has 2 rings (SSSR count). The van der Waals surface area contributed by atoms with E-state index >= 15 is 0 Å². The average Bonchev–Trinajstić information content (AvgIpc) is 2.45. The maximum Gasteiger partial charge on any atom is 0.246 e. The summed E-state index contributed by atoms with van der Waals surface area (Å²) in [5.41, 5.74) is 3.41. The number of carbonyl (C=O) groups is 1. The van der Waals surface area contributed by atoms with Crippen molar-refractivity contribution in [3.63, 3.8) is 0 Å².